The number of carbonyl (C=O) groups is 3. The highest BCUT2D eigenvalue weighted by atomic mass is 16.5. The van der Waals surface area contributed by atoms with E-state index < -0.39 is 11.9 Å². The fraction of sp³-hybridized carbons (Fsp3) is 0.341. The summed E-state index contributed by atoms with van der Waals surface area (Å²) in [6.45, 7) is 8.90. The second-order valence-corrected chi connectivity index (χ2v) is 12.2. The number of hydrogen-bond donors (Lipinski definition) is 2. The highest BCUT2D eigenvalue weighted by Gasteiger charge is 2.14. The van der Waals surface area contributed by atoms with Crippen LogP contribution in [0.15, 0.2) is 91.0 Å². The number of anilines is 2. The van der Waals surface area contributed by atoms with Crippen molar-refractivity contribution in [3.63, 3.8) is 0 Å². The molecule has 0 heterocycles. The number of unbranched alkanes of at least 4 members (excludes halogenated alkanes) is 3. The first-order valence-corrected chi connectivity index (χ1v) is 17.4. The molecule has 9 nitrogen and oxygen atoms in total. The second kappa shape index (κ2) is 19.6. The van der Waals surface area contributed by atoms with Gasteiger partial charge in [0.25, 0.3) is 0 Å². The molecule has 4 rings (SSSR count). The minimum absolute atomic E-state index is 0.0482. The van der Waals surface area contributed by atoms with Crippen molar-refractivity contribution in [2.24, 2.45) is 5.92 Å². The average molecular weight is 681 g/mol. The van der Waals surface area contributed by atoms with E-state index in [4.69, 9.17) is 18.9 Å². The Morgan fingerprint density at radius 2 is 1.24 bits per heavy atom. The summed E-state index contributed by atoms with van der Waals surface area (Å²) in [4.78, 5) is 37.2. The van der Waals surface area contributed by atoms with Gasteiger partial charge < -0.3 is 29.8 Å². The minimum atomic E-state index is -0.520. The van der Waals surface area contributed by atoms with Crippen LogP contribution in [-0.2, 0) is 16.0 Å². The van der Waals surface area contributed by atoms with Crippen LogP contribution in [-0.4, -0.2) is 31.1 Å². The van der Waals surface area contributed by atoms with Gasteiger partial charge in [-0.2, -0.15) is 0 Å². The average Bonchev–Trinajstić information content (AvgIpc) is 3.13. The molecule has 9 heteroatoms. The predicted molar refractivity (Wildman–Crippen MR) is 196 cm³/mol. The van der Waals surface area contributed by atoms with E-state index in [1.165, 1.54) is 5.56 Å². The topological polar surface area (TPSA) is 112 Å². The third kappa shape index (κ3) is 12.0. The number of hydrazine groups is 1. The first-order valence-electron chi connectivity index (χ1n) is 17.4. The largest absolute Gasteiger partial charge is 0.494 e. The molecule has 0 saturated heterocycles. The molecule has 264 valence electrons. The molecule has 0 aromatic heterocycles. The van der Waals surface area contributed by atoms with Crippen molar-refractivity contribution < 1.29 is 33.3 Å². The zero-order valence-corrected chi connectivity index (χ0v) is 29.5. The van der Waals surface area contributed by atoms with E-state index in [1.54, 1.807) is 54.6 Å². The lowest BCUT2D eigenvalue weighted by atomic mass is 10.1. The van der Waals surface area contributed by atoms with Crippen molar-refractivity contribution >= 4 is 29.3 Å². The van der Waals surface area contributed by atoms with Crippen LogP contribution < -0.4 is 25.1 Å². The molecule has 0 saturated carbocycles. The minimum Gasteiger partial charge on any atom is -0.494 e. The number of ether oxygens (including phenoxy) is 4. The van der Waals surface area contributed by atoms with Crippen molar-refractivity contribution in [3.8, 4) is 17.2 Å². The van der Waals surface area contributed by atoms with Crippen LogP contribution in [0.2, 0.25) is 0 Å². The molecule has 1 unspecified atom stereocenters. The molecule has 0 bridgehead atoms. The van der Waals surface area contributed by atoms with Gasteiger partial charge in [-0.3, -0.25) is 4.79 Å². The fourth-order valence-corrected chi connectivity index (χ4v) is 4.93. The zero-order chi connectivity index (χ0) is 35.7. The number of hydrogen-bond acceptors (Lipinski definition) is 9. The van der Waals surface area contributed by atoms with Gasteiger partial charge in [0.1, 0.15) is 17.2 Å². The van der Waals surface area contributed by atoms with Crippen molar-refractivity contribution in [2.45, 2.75) is 72.6 Å². The standard InChI is InChI=1S/C41H48N2O7/c1-5-11-31-12-18-34(19-13-31)42-43-35-20-25-38(30(4)28-35)50-41(46)33-16-23-37(24-17-33)49-40(45)32-14-21-36(22-15-32)47-26-9-7-8-10-27-48-39(44)29(3)6-2/h12-25,28-29,42-43H,5-11,26-27H2,1-4H3. The maximum atomic E-state index is 12.8. The quantitative estimate of drug-likeness (QED) is 0.0433. The second-order valence-electron chi connectivity index (χ2n) is 12.2. The van der Waals surface area contributed by atoms with E-state index in [0.717, 1.165) is 61.9 Å². The Morgan fingerprint density at radius 1 is 0.660 bits per heavy atom. The van der Waals surface area contributed by atoms with E-state index in [2.05, 4.69) is 29.9 Å². The van der Waals surface area contributed by atoms with Gasteiger partial charge >= 0.3 is 17.9 Å². The molecule has 1 atom stereocenters. The van der Waals surface area contributed by atoms with Crippen molar-refractivity contribution in [1.82, 2.24) is 0 Å². The van der Waals surface area contributed by atoms with Gasteiger partial charge in [-0.05, 0) is 135 Å². The van der Waals surface area contributed by atoms with Crippen molar-refractivity contribution in [1.29, 1.82) is 0 Å². The SMILES string of the molecule is CCCc1ccc(NNc2ccc(OC(=O)c3ccc(OC(=O)c4ccc(OCCCCCCOC(=O)C(C)CC)cc4)cc3)c(C)c2)cc1. The van der Waals surface area contributed by atoms with E-state index in [-0.39, 0.29) is 11.9 Å². The fourth-order valence-electron chi connectivity index (χ4n) is 4.93. The number of esters is 3. The van der Waals surface area contributed by atoms with Gasteiger partial charge in [0.05, 0.1) is 41.6 Å². The predicted octanol–water partition coefficient (Wildman–Crippen LogP) is 9.35. The van der Waals surface area contributed by atoms with Crippen LogP contribution >= 0.6 is 0 Å². The summed E-state index contributed by atoms with van der Waals surface area (Å²) in [6, 6.07) is 26.7. The van der Waals surface area contributed by atoms with E-state index in [1.807, 2.05) is 45.0 Å². The summed E-state index contributed by atoms with van der Waals surface area (Å²) in [7, 11) is 0. The Balaban J connectivity index is 1.16. The van der Waals surface area contributed by atoms with E-state index in [9.17, 15) is 14.4 Å². The molecule has 0 radical (unpaired) electrons. The lowest BCUT2D eigenvalue weighted by Gasteiger charge is -2.13. The molecule has 4 aromatic rings. The Morgan fingerprint density at radius 3 is 1.86 bits per heavy atom. The third-order valence-electron chi connectivity index (χ3n) is 8.18. The molecule has 4 aromatic carbocycles. The monoisotopic (exact) mass is 680 g/mol. The Labute approximate surface area is 295 Å². The Hall–Kier alpha value is -5.31. The third-order valence-corrected chi connectivity index (χ3v) is 8.18. The summed E-state index contributed by atoms with van der Waals surface area (Å²) in [5.74, 6) is 0.206. The van der Waals surface area contributed by atoms with Crippen molar-refractivity contribution in [3.05, 3.63) is 113 Å². The number of benzene rings is 4. The van der Waals surface area contributed by atoms with Crippen LogP contribution in [0, 0.1) is 12.8 Å². The van der Waals surface area contributed by atoms with Gasteiger partial charge in [-0.25, -0.2) is 9.59 Å². The maximum Gasteiger partial charge on any atom is 0.343 e. The normalized spacial score (nSPS) is 11.3. The molecular weight excluding hydrogens is 632 g/mol. The van der Waals surface area contributed by atoms with Crippen LogP contribution in [0.3, 0.4) is 0 Å². The molecule has 0 aliphatic rings. The first-order chi connectivity index (χ1) is 24.2. The summed E-state index contributed by atoms with van der Waals surface area (Å²) in [5.41, 5.74) is 10.9. The number of nitrogens with one attached hydrogen (secondary N) is 2. The molecule has 0 amide bonds. The number of carbonyl (C=O) groups excluding carboxylic acids is 3. The molecule has 2 N–H and O–H groups in total. The molecule has 0 spiro atoms. The highest BCUT2D eigenvalue weighted by Crippen LogP contribution is 2.24. The van der Waals surface area contributed by atoms with E-state index >= 15 is 0 Å². The van der Waals surface area contributed by atoms with Gasteiger partial charge in [-0.1, -0.05) is 39.3 Å². The summed E-state index contributed by atoms with van der Waals surface area (Å²) in [6.07, 6.45) is 6.61. The van der Waals surface area contributed by atoms with Crippen LogP contribution in [0.4, 0.5) is 11.4 Å². The van der Waals surface area contributed by atoms with Gasteiger partial charge in [-0.15, -0.1) is 0 Å². The van der Waals surface area contributed by atoms with Gasteiger partial charge in [0, 0.05) is 0 Å². The molecule has 0 aliphatic carbocycles. The molecular formula is C41H48N2O7. The van der Waals surface area contributed by atoms with Crippen LogP contribution in [0.1, 0.15) is 91.1 Å². The lowest BCUT2D eigenvalue weighted by Crippen LogP contribution is -2.14. The molecule has 0 aliphatic heterocycles. The first kappa shape index (κ1) is 37.5. The lowest BCUT2D eigenvalue weighted by molar-refractivity contribution is -0.148. The Kier molecular flexibility index (Phi) is 14.7. The molecule has 50 heavy (non-hydrogen) atoms. The summed E-state index contributed by atoms with van der Waals surface area (Å²) >= 11 is 0. The maximum absolute atomic E-state index is 12.8. The van der Waals surface area contributed by atoms with E-state index in [0.29, 0.717) is 41.6 Å². The number of rotatable bonds is 19. The van der Waals surface area contributed by atoms with Crippen LogP contribution in [0.5, 0.6) is 17.2 Å². The zero-order valence-electron chi connectivity index (χ0n) is 29.5. The van der Waals surface area contributed by atoms with Crippen molar-refractivity contribution in [2.75, 3.05) is 24.1 Å². The Bertz CT molecular complexity index is 1670. The van der Waals surface area contributed by atoms with Crippen LogP contribution in [0.25, 0.3) is 0 Å². The smallest absolute Gasteiger partial charge is 0.343 e. The van der Waals surface area contributed by atoms with Gasteiger partial charge in [0.2, 0.25) is 0 Å². The number of aryl methyl sites for hydroxylation is 2. The highest BCUT2D eigenvalue weighted by molar-refractivity contribution is 5.93. The summed E-state index contributed by atoms with van der Waals surface area (Å²) in [5, 5.41) is 0. The summed E-state index contributed by atoms with van der Waals surface area (Å²) < 4.78 is 22.2. The van der Waals surface area contributed by atoms with Gasteiger partial charge in [0.15, 0.2) is 0 Å². The molecule has 0 fully saturated rings.